The number of para-hydroxylation sites is 1. The number of nitrogens with zero attached hydrogens (tertiary/aromatic N) is 1. The van der Waals surface area contributed by atoms with Gasteiger partial charge in [-0.25, -0.2) is 0 Å². The molecule has 0 saturated carbocycles. The summed E-state index contributed by atoms with van der Waals surface area (Å²) in [5.74, 6) is -1.31. The number of halogens is 1. The molecule has 0 spiro atoms. The first kappa shape index (κ1) is 14.8. The van der Waals surface area contributed by atoms with E-state index in [2.05, 4.69) is 10.6 Å². The van der Waals surface area contributed by atoms with Crippen LogP contribution >= 0.6 is 0 Å². The number of carbonyl (C=O) groups is 1. The summed E-state index contributed by atoms with van der Waals surface area (Å²) < 4.78 is 18.0. The van der Waals surface area contributed by atoms with Crippen molar-refractivity contribution in [3.63, 3.8) is 0 Å². The fourth-order valence-corrected chi connectivity index (χ4v) is 1.37. The third-order valence-corrected chi connectivity index (χ3v) is 2.24. The third kappa shape index (κ3) is 4.51. The van der Waals surface area contributed by atoms with Gasteiger partial charge >= 0.3 is 5.69 Å². The zero-order valence-corrected chi connectivity index (χ0v) is 10.3. The van der Waals surface area contributed by atoms with Crippen molar-refractivity contribution in [3.05, 3.63) is 34.1 Å². The predicted octanol–water partition coefficient (Wildman–Crippen LogP) is 0.908. The molecule has 0 atom stereocenters. The first-order valence-corrected chi connectivity index (χ1v) is 5.48. The van der Waals surface area contributed by atoms with Crippen molar-refractivity contribution < 1.29 is 18.8 Å². The van der Waals surface area contributed by atoms with Crippen LogP contribution in [0.1, 0.15) is 0 Å². The van der Waals surface area contributed by atoms with E-state index in [1.807, 2.05) is 0 Å². The van der Waals surface area contributed by atoms with Crippen LogP contribution in [0.2, 0.25) is 0 Å². The van der Waals surface area contributed by atoms with Crippen molar-refractivity contribution in [1.29, 1.82) is 0 Å². The topological polar surface area (TPSA) is 93.5 Å². The van der Waals surface area contributed by atoms with Crippen LogP contribution in [0.3, 0.4) is 0 Å². The fourth-order valence-electron chi connectivity index (χ4n) is 1.37. The van der Waals surface area contributed by atoms with Gasteiger partial charge in [-0.3, -0.25) is 14.9 Å². The predicted molar refractivity (Wildman–Crippen MR) is 66.4 cm³/mol. The quantitative estimate of drug-likeness (QED) is 0.437. The molecular formula is C11H14FN3O4. The molecule has 19 heavy (non-hydrogen) atoms. The molecule has 0 fully saturated rings. The Kier molecular flexibility index (Phi) is 5.68. The summed E-state index contributed by atoms with van der Waals surface area (Å²) in [5.41, 5.74) is -0.709. The zero-order chi connectivity index (χ0) is 14.3. The van der Waals surface area contributed by atoms with Gasteiger partial charge in [0.15, 0.2) is 0 Å². The Morgan fingerprint density at radius 1 is 1.53 bits per heavy atom. The Morgan fingerprint density at radius 3 is 2.89 bits per heavy atom. The Hall–Kier alpha value is -2.22. The van der Waals surface area contributed by atoms with Crippen molar-refractivity contribution in [2.24, 2.45) is 0 Å². The molecule has 1 rings (SSSR count). The normalized spacial score (nSPS) is 10.0. The second-order valence-electron chi connectivity index (χ2n) is 3.59. The van der Waals surface area contributed by atoms with Gasteiger partial charge in [0, 0.05) is 13.7 Å². The van der Waals surface area contributed by atoms with E-state index in [-0.39, 0.29) is 18.1 Å². The average molecular weight is 271 g/mol. The SMILES string of the molecule is COCCNC(=O)CNc1cccc(F)c1[N+](=O)[O-]. The van der Waals surface area contributed by atoms with Crippen LogP contribution in [-0.4, -0.2) is 37.6 Å². The van der Waals surface area contributed by atoms with Gasteiger partial charge < -0.3 is 15.4 Å². The number of hydrogen-bond donors (Lipinski definition) is 2. The van der Waals surface area contributed by atoms with Gasteiger partial charge in [0.1, 0.15) is 5.69 Å². The lowest BCUT2D eigenvalue weighted by Gasteiger charge is -2.08. The number of anilines is 1. The Balaban J connectivity index is 2.60. The summed E-state index contributed by atoms with van der Waals surface area (Å²) in [6.07, 6.45) is 0. The summed E-state index contributed by atoms with van der Waals surface area (Å²) in [6.45, 7) is 0.516. The van der Waals surface area contributed by atoms with E-state index < -0.39 is 16.4 Å². The van der Waals surface area contributed by atoms with Crippen LogP contribution in [0.4, 0.5) is 15.8 Å². The maximum absolute atomic E-state index is 13.3. The zero-order valence-electron chi connectivity index (χ0n) is 10.3. The second kappa shape index (κ2) is 7.27. The molecule has 0 unspecified atom stereocenters. The number of carbonyl (C=O) groups excluding carboxylic acids is 1. The molecule has 1 aromatic carbocycles. The monoisotopic (exact) mass is 271 g/mol. The molecule has 0 aliphatic heterocycles. The fraction of sp³-hybridized carbons (Fsp3) is 0.364. The average Bonchev–Trinajstić information content (AvgIpc) is 2.36. The second-order valence-corrected chi connectivity index (χ2v) is 3.59. The molecule has 8 heteroatoms. The number of nitro benzene ring substituents is 1. The van der Waals surface area contributed by atoms with Gasteiger partial charge in [-0.15, -0.1) is 0 Å². The number of benzene rings is 1. The van der Waals surface area contributed by atoms with Gasteiger partial charge in [0.25, 0.3) is 0 Å². The number of hydrogen-bond acceptors (Lipinski definition) is 5. The molecule has 0 aliphatic carbocycles. The lowest BCUT2D eigenvalue weighted by molar-refractivity contribution is -0.386. The van der Waals surface area contributed by atoms with Gasteiger partial charge in [0.05, 0.1) is 18.1 Å². The van der Waals surface area contributed by atoms with Crippen LogP contribution in [0, 0.1) is 15.9 Å². The van der Waals surface area contributed by atoms with E-state index >= 15 is 0 Å². The minimum atomic E-state index is -0.949. The molecular weight excluding hydrogens is 257 g/mol. The van der Waals surface area contributed by atoms with E-state index in [9.17, 15) is 19.3 Å². The molecule has 7 nitrogen and oxygen atoms in total. The van der Waals surface area contributed by atoms with Gasteiger partial charge in [-0.1, -0.05) is 6.07 Å². The van der Waals surface area contributed by atoms with Crippen LogP contribution < -0.4 is 10.6 Å². The van der Waals surface area contributed by atoms with E-state index in [0.29, 0.717) is 13.2 Å². The molecule has 2 N–H and O–H groups in total. The lowest BCUT2D eigenvalue weighted by Crippen LogP contribution is -2.32. The molecule has 0 saturated heterocycles. The Bertz CT molecular complexity index is 467. The molecule has 1 amide bonds. The van der Waals surface area contributed by atoms with Crippen LogP contribution in [0.5, 0.6) is 0 Å². The highest BCUT2D eigenvalue weighted by atomic mass is 19.1. The Labute approximate surface area is 108 Å². The first-order chi connectivity index (χ1) is 9.06. The third-order valence-electron chi connectivity index (χ3n) is 2.24. The number of rotatable bonds is 7. The van der Waals surface area contributed by atoms with Crippen LogP contribution in [0.25, 0.3) is 0 Å². The Morgan fingerprint density at radius 2 is 2.26 bits per heavy atom. The number of nitro groups is 1. The van der Waals surface area contributed by atoms with E-state index in [0.717, 1.165) is 6.07 Å². The van der Waals surface area contributed by atoms with Crippen LogP contribution in [-0.2, 0) is 9.53 Å². The number of amides is 1. The summed E-state index contributed by atoms with van der Waals surface area (Å²) >= 11 is 0. The summed E-state index contributed by atoms with van der Waals surface area (Å²) in [5, 5.41) is 15.8. The molecule has 0 aromatic heterocycles. The molecule has 1 aromatic rings. The largest absolute Gasteiger partial charge is 0.383 e. The molecule has 0 heterocycles. The van der Waals surface area contributed by atoms with E-state index in [1.54, 1.807) is 0 Å². The smallest absolute Gasteiger partial charge is 0.327 e. The summed E-state index contributed by atoms with van der Waals surface area (Å²) in [4.78, 5) is 21.2. The molecule has 0 aliphatic rings. The standard InChI is InChI=1S/C11H14FN3O4/c1-19-6-5-13-10(16)7-14-9-4-2-3-8(12)11(9)15(17)18/h2-4,14H,5-7H2,1H3,(H,13,16). The first-order valence-electron chi connectivity index (χ1n) is 5.48. The summed E-state index contributed by atoms with van der Waals surface area (Å²) in [6, 6.07) is 3.65. The van der Waals surface area contributed by atoms with E-state index in [1.165, 1.54) is 19.2 Å². The van der Waals surface area contributed by atoms with Gasteiger partial charge in [-0.2, -0.15) is 4.39 Å². The highest BCUT2D eigenvalue weighted by Gasteiger charge is 2.19. The molecule has 0 bridgehead atoms. The minimum absolute atomic E-state index is 0.0353. The van der Waals surface area contributed by atoms with Crippen molar-refractivity contribution in [2.45, 2.75) is 0 Å². The minimum Gasteiger partial charge on any atom is -0.383 e. The molecule has 0 radical (unpaired) electrons. The highest BCUT2D eigenvalue weighted by Crippen LogP contribution is 2.26. The van der Waals surface area contributed by atoms with E-state index in [4.69, 9.17) is 4.74 Å². The van der Waals surface area contributed by atoms with Crippen molar-refractivity contribution in [1.82, 2.24) is 5.32 Å². The summed E-state index contributed by atoms with van der Waals surface area (Å²) in [7, 11) is 1.50. The van der Waals surface area contributed by atoms with Crippen molar-refractivity contribution in [3.8, 4) is 0 Å². The maximum Gasteiger partial charge on any atom is 0.327 e. The van der Waals surface area contributed by atoms with Crippen LogP contribution in [0.15, 0.2) is 18.2 Å². The van der Waals surface area contributed by atoms with Crippen molar-refractivity contribution >= 4 is 17.3 Å². The van der Waals surface area contributed by atoms with Gasteiger partial charge in [0.2, 0.25) is 11.7 Å². The highest BCUT2D eigenvalue weighted by molar-refractivity contribution is 5.81. The lowest BCUT2D eigenvalue weighted by atomic mass is 10.2. The molecule has 104 valence electrons. The number of methoxy groups -OCH3 is 1. The van der Waals surface area contributed by atoms with Crippen molar-refractivity contribution in [2.75, 3.05) is 32.1 Å². The van der Waals surface area contributed by atoms with Gasteiger partial charge in [-0.05, 0) is 12.1 Å². The number of ether oxygens (including phenoxy) is 1. The maximum atomic E-state index is 13.3. The number of nitrogens with one attached hydrogen (secondary N) is 2.